The van der Waals surface area contributed by atoms with Crippen molar-refractivity contribution in [3.05, 3.63) is 44.9 Å². The molecule has 1 saturated heterocycles. The number of hydrogen-bond donors (Lipinski definition) is 1. The van der Waals surface area contributed by atoms with Crippen LogP contribution in [-0.2, 0) is 22.7 Å². The summed E-state index contributed by atoms with van der Waals surface area (Å²) in [5, 5.41) is 5.78. The van der Waals surface area contributed by atoms with E-state index in [0.29, 0.717) is 26.2 Å². The van der Waals surface area contributed by atoms with Crippen LogP contribution in [0, 0.1) is 20.8 Å². The summed E-state index contributed by atoms with van der Waals surface area (Å²) < 4.78 is 5.41. The third kappa shape index (κ3) is 4.99. The SMILES string of the molecule is COc1ccc(CN2CCNC(=O)[C@H]2CC(=O)N(C)Cc2nc(C)cs2)c(C)c1C. The van der Waals surface area contributed by atoms with Gasteiger partial charge in [-0.2, -0.15) is 0 Å². The minimum absolute atomic E-state index is 0.0578. The second-order valence-corrected chi connectivity index (χ2v) is 8.73. The molecule has 0 saturated carbocycles. The zero-order chi connectivity index (χ0) is 21.8. The maximum Gasteiger partial charge on any atom is 0.237 e. The number of carbonyl (C=O) groups is 2. The summed E-state index contributed by atoms with van der Waals surface area (Å²) >= 11 is 1.55. The fourth-order valence-corrected chi connectivity index (χ4v) is 4.55. The van der Waals surface area contributed by atoms with Gasteiger partial charge in [0.15, 0.2) is 0 Å². The fourth-order valence-electron chi connectivity index (χ4n) is 3.72. The number of hydrogen-bond acceptors (Lipinski definition) is 6. The molecule has 1 fully saturated rings. The number of carbonyl (C=O) groups excluding carboxylic acids is 2. The summed E-state index contributed by atoms with van der Waals surface area (Å²) in [5.74, 6) is 0.715. The Labute approximate surface area is 182 Å². The van der Waals surface area contributed by atoms with Gasteiger partial charge in [0.2, 0.25) is 11.8 Å². The molecule has 0 unspecified atom stereocenters. The molecule has 1 aromatic carbocycles. The number of rotatable bonds is 7. The van der Waals surface area contributed by atoms with Gasteiger partial charge in [0.25, 0.3) is 0 Å². The van der Waals surface area contributed by atoms with Gasteiger partial charge in [-0.05, 0) is 43.5 Å². The van der Waals surface area contributed by atoms with Crippen molar-refractivity contribution in [3.63, 3.8) is 0 Å². The Morgan fingerprint density at radius 2 is 2.10 bits per heavy atom. The van der Waals surface area contributed by atoms with E-state index in [9.17, 15) is 9.59 Å². The van der Waals surface area contributed by atoms with E-state index in [2.05, 4.69) is 22.1 Å². The van der Waals surface area contributed by atoms with Crippen LogP contribution in [0.5, 0.6) is 5.75 Å². The molecule has 3 rings (SSSR count). The highest BCUT2D eigenvalue weighted by Crippen LogP contribution is 2.26. The summed E-state index contributed by atoms with van der Waals surface area (Å²) in [4.78, 5) is 33.6. The topological polar surface area (TPSA) is 74.8 Å². The molecule has 0 radical (unpaired) electrons. The number of aryl methyl sites for hydroxylation is 1. The van der Waals surface area contributed by atoms with Crippen LogP contribution in [0.25, 0.3) is 0 Å². The Bertz CT molecular complexity index is 927. The van der Waals surface area contributed by atoms with Crippen molar-refractivity contribution >= 4 is 23.2 Å². The highest BCUT2D eigenvalue weighted by atomic mass is 32.1. The predicted molar refractivity (Wildman–Crippen MR) is 118 cm³/mol. The summed E-state index contributed by atoms with van der Waals surface area (Å²) in [5.41, 5.74) is 4.36. The second kappa shape index (κ2) is 9.57. The summed E-state index contributed by atoms with van der Waals surface area (Å²) in [6.07, 6.45) is 0.154. The molecule has 0 spiro atoms. The molecule has 2 aromatic rings. The quantitative estimate of drug-likeness (QED) is 0.730. The molecule has 2 heterocycles. The standard InChI is InChI=1S/C22H30N4O3S/c1-14-13-30-20(24-14)12-25(4)21(27)10-18-22(28)23-8-9-26(18)11-17-6-7-19(29-5)16(3)15(17)2/h6-7,13,18H,8-12H2,1-5H3,(H,23,28)/t18-/m1/s1. The molecular formula is C22H30N4O3S. The van der Waals surface area contributed by atoms with Crippen molar-refractivity contribution in [2.24, 2.45) is 0 Å². The third-order valence-corrected chi connectivity index (χ3v) is 6.67. The minimum Gasteiger partial charge on any atom is -0.496 e. The van der Waals surface area contributed by atoms with Crippen LogP contribution in [0.2, 0.25) is 0 Å². The molecule has 1 N–H and O–H groups in total. The summed E-state index contributed by atoms with van der Waals surface area (Å²) in [7, 11) is 3.43. The molecule has 1 atom stereocenters. The van der Waals surface area contributed by atoms with Crippen LogP contribution in [0.4, 0.5) is 0 Å². The van der Waals surface area contributed by atoms with Crippen LogP contribution in [-0.4, -0.2) is 59.9 Å². The molecule has 7 nitrogen and oxygen atoms in total. The lowest BCUT2D eigenvalue weighted by molar-refractivity contribution is -0.138. The van der Waals surface area contributed by atoms with Gasteiger partial charge in [0.05, 0.1) is 26.1 Å². The van der Waals surface area contributed by atoms with Gasteiger partial charge in [-0.25, -0.2) is 4.98 Å². The van der Waals surface area contributed by atoms with Gasteiger partial charge in [-0.1, -0.05) is 6.07 Å². The van der Waals surface area contributed by atoms with Crippen molar-refractivity contribution in [3.8, 4) is 5.75 Å². The van der Waals surface area contributed by atoms with Gasteiger partial charge in [-0.3, -0.25) is 14.5 Å². The molecular weight excluding hydrogens is 400 g/mol. The van der Waals surface area contributed by atoms with E-state index in [0.717, 1.165) is 33.1 Å². The van der Waals surface area contributed by atoms with Crippen molar-refractivity contribution < 1.29 is 14.3 Å². The van der Waals surface area contributed by atoms with Crippen LogP contribution < -0.4 is 10.1 Å². The Balaban J connectivity index is 1.71. The van der Waals surface area contributed by atoms with Crippen LogP contribution in [0.3, 0.4) is 0 Å². The maximum absolute atomic E-state index is 12.9. The van der Waals surface area contributed by atoms with Gasteiger partial charge < -0.3 is 15.0 Å². The molecule has 0 aliphatic carbocycles. The second-order valence-electron chi connectivity index (χ2n) is 7.79. The van der Waals surface area contributed by atoms with Crippen molar-refractivity contribution in [2.45, 2.75) is 46.3 Å². The number of methoxy groups -OCH3 is 1. The summed E-state index contributed by atoms with van der Waals surface area (Å²) in [6, 6.07) is 3.53. The van der Waals surface area contributed by atoms with E-state index in [-0.39, 0.29) is 18.2 Å². The van der Waals surface area contributed by atoms with Crippen LogP contribution >= 0.6 is 11.3 Å². The lowest BCUT2D eigenvalue weighted by atomic mass is 10.00. The Hall–Kier alpha value is -2.45. The number of amides is 2. The van der Waals surface area contributed by atoms with Gasteiger partial charge in [0.1, 0.15) is 10.8 Å². The summed E-state index contributed by atoms with van der Waals surface area (Å²) in [6.45, 7) is 8.43. The predicted octanol–water partition coefficient (Wildman–Crippen LogP) is 2.43. The normalized spacial score (nSPS) is 17.0. The number of thiazole rings is 1. The van der Waals surface area contributed by atoms with Crippen molar-refractivity contribution in [2.75, 3.05) is 27.2 Å². The molecule has 0 bridgehead atoms. The minimum atomic E-state index is -0.478. The van der Waals surface area contributed by atoms with E-state index in [1.54, 1.807) is 30.4 Å². The van der Waals surface area contributed by atoms with E-state index in [1.807, 2.05) is 31.4 Å². The van der Waals surface area contributed by atoms with E-state index in [1.165, 1.54) is 0 Å². The van der Waals surface area contributed by atoms with Crippen LogP contribution in [0.1, 0.15) is 33.8 Å². The number of piperazine rings is 1. The molecule has 162 valence electrons. The third-order valence-electron chi connectivity index (χ3n) is 5.72. The van der Waals surface area contributed by atoms with Gasteiger partial charge >= 0.3 is 0 Å². The number of benzene rings is 1. The first-order valence-corrected chi connectivity index (χ1v) is 11.0. The number of nitrogens with one attached hydrogen (secondary N) is 1. The van der Waals surface area contributed by atoms with Crippen LogP contribution in [0.15, 0.2) is 17.5 Å². The van der Waals surface area contributed by atoms with Crippen molar-refractivity contribution in [1.82, 2.24) is 20.1 Å². The average molecular weight is 431 g/mol. The zero-order valence-electron chi connectivity index (χ0n) is 18.3. The number of aromatic nitrogens is 1. The Morgan fingerprint density at radius 3 is 2.77 bits per heavy atom. The van der Waals surface area contributed by atoms with E-state index in [4.69, 9.17) is 4.74 Å². The fraction of sp³-hybridized carbons (Fsp3) is 0.500. The number of nitrogens with zero attached hydrogens (tertiary/aromatic N) is 3. The first-order valence-electron chi connectivity index (χ1n) is 10.1. The van der Waals surface area contributed by atoms with Gasteiger partial charge in [-0.15, -0.1) is 11.3 Å². The Kier molecular flexibility index (Phi) is 7.10. The average Bonchev–Trinajstić information content (AvgIpc) is 3.12. The molecule has 1 aliphatic rings. The molecule has 1 aromatic heterocycles. The zero-order valence-corrected chi connectivity index (χ0v) is 19.1. The maximum atomic E-state index is 12.9. The molecule has 1 aliphatic heterocycles. The first kappa shape index (κ1) is 22.2. The first-order chi connectivity index (χ1) is 14.3. The molecule has 30 heavy (non-hydrogen) atoms. The highest BCUT2D eigenvalue weighted by molar-refractivity contribution is 7.09. The molecule has 8 heteroatoms. The molecule has 2 amide bonds. The lowest BCUT2D eigenvalue weighted by Gasteiger charge is -2.35. The van der Waals surface area contributed by atoms with Gasteiger partial charge in [0, 0.05) is 37.8 Å². The van der Waals surface area contributed by atoms with Crippen molar-refractivity contribution in [1.29, 1.82) is 0 Å². The largest absolute Gasteiger partial charge is 0.496 e. The number of ether oxygens (including phenoxy) is 1. The lowest BCUT2D eigenvalue weighted by Crippen LogP contribution is -2.56. The smallest absolute Gasteiger partial charge is 0.237 e. The Morgan fingerprint density at radius 1 is 1.33 bits per heavy atom. The van der Waals surface area contributed by atoms with E-state index >= 15 is 0 Å². The van der Waals surface area contributed by atoms with E-state index < -0.39 is 6.04 Å². The monoisotopic (exact) mass is 430 g/mol. The highest BCUT2D eigenvalue weighted by Gasteiger charge is 2.33.